The molecule has 0 heterocycles. The number of carbonyl (C=O) groups is 1. The van der Waals surface area contributed by atoms with Crippen LogP contribution in [0, 0.1) is 21.4 Å². The molecule has 8 heteroatoms. The van der Waals surface area contributed by atoms with Gasteiger partial charge in [-0.05, 0) is 6.07 Å². The van der Waals surface area contributed by atoms with E-state index in [1.165, 1.54) is 0 Å². The van der Waals surface area contributed by atoms with Gasteiger partial charge in [0.15, 0.2) is 0 Å². The molecule has 0 amide bonds. The number of hydrogen-bond acceptors (Lipinski definition) is 6. The molecule has 0 aliphatic carbocycles. The Bertz CT molecular complexity index is 551. The van der Waals surface area contributed by atoms with Crippen molar-refractivity contribution in [2.45, 2.75) is 18.6 Å². The summed E-state index contributed by atoms with van der Waals surface area (Å²) >= 11 is 0. The van der Waals surface area contributed by atoms with E-state index in [1.54, 1.807) is 6.07 Å². The number of hydrogen-bond donors (Lipinski definition) is 3. The number of aliphatic hydroxyl groups excluding tert-OH is 2. The average molecular weight is 266 g/mol. The maximum atomic E-state index is 11.0. The van der Waals surface area contributed by atoms with Crippen molar-refractivity contribution >= 4 is 11.7 Å². The predicted molar refractivity (Wildman–Crippen MR) is 61.3 cm³/mol. The molecule has 8 nitrogen and oxygen atoms in total. The summed E-state index contributed by atoms with van der Waals surface area (Å²) in [6, 6.07) is 4.44. The second-order valence-corrected chi connectivity index (χ2v) is 3.71. The van der Waals surface area contributed by atoms with Crippen LogP contribution in [-0.2, 0) is 0 Å². The molecule has 19 heavy (non-hydrogen) atoms. The van der Waals surface area contributed by atoms with Gasteiger partial charge in [-0.25, -0.2) is 4.79 Å². The van der Waals surface area contributed by atoms with E-state index < -0.39 is 35.2 Å². The van der Waals surface area contributed by atoms with E-state index in [0.29, 0.717) is 0 Å². The molecule has 100 valence electrons. The van der Waals surface area contributed by atoms with E-state index in [4.69, 9.17) is 10.4 Å². The largest absolute Gasteiger partial charge is 0.478 e. The van der Waals surface area contributed by atoms with Crippen LogP contribution >= 0.6 is 0 Å². The molecule has 1 aromatic rings. The Balaban J connectivity index is 3.28. The molecule has 2 atom stereocenters. The van der Waals surface area contributed by atoms with Gasteiger partial charge in [0.05, 0.1) is 29.1 Å². The number of benzene rings is 1. The van der Waals surface area contributed by atoms with Gasteiger partial charge in [-0.3, -0.25) is 10.1 Å². The monoisotopic (exact) mass is 266 g/mol. The molecule has 1 rings (SSSR count). The average Bonchev–Trinajstić information content (AvgIpc) is 2.37. The predicted octanol–water partition coefficient (Wildman–Crippen LogP) is 0.601. The van der Waals surface area contributed by atoms with Gasteiger partial charge in [0.2, 0.25) is 0 Å². The number of nitro groups is 1. The van der Waals surface area contributed by atoms with Crippen LogP contribution in [0.1, 0.15) is 28.4 Å². The van der Waals surface area contributed by atoms with Crippen molar-refractivity contribution in [3.05, 3.63) is 39.4 Å². The quantitative estimate of drug-likeness (QED) is 0.522. The Labute approximate surface area is 107 Å². The normalized spacial score (nSPS) is 13.3. The fourth-order valence-corrected chi connectivity index (χ4v) is 1.52. The molecule has 3 N–H and O–H groups in total. The minimum atomic E-state index is -1.69. The van der Waals surface area contributed by atoms with Crippen molar-refractivity contribution in [1.82, 2.24) is 0 Å². The summed E-state index contributed by atoms with van der Waals surface area (Å²) in [5, 5.41) is 47.2. The first kappa shape index (κ1) is 14.6. The number of nitro benzene ring substituents is 1. The van der Waals surface area contributed by atoms with Crippen molar-refractivity contribution in [3.8, 4) is 6.07 Å². The first-order valence-corrected chi connectivity index (χ1v) is 5.13. The Morgan fingerprint density at radius 3 is 2.58 bits per heavy atom. The lowest BCUT2D eigenvalue weighted by Crippen LogP contribution is -2.20. The molecule has 0 bridgehead atoms. The van der Waals surface area contributed by atoms with Gasteiger partial charge in [-0.15, -0.1) is 0 Å². The van der Waals surface area contributed by atoms with Gasteiger partial charge >= 0.3 is 5.97 Å². The van der Waals surface area contributed by atoms with E-state index in [0.717, 1.165) is 18.2 Å². The molecule has 0 aliphatic rings. The molecule has 0 spiro atoms. The highest BCUT2D eigenvalue weighted by Crippen LogP contribution is 2.27. The Morgan fingerprint density at radius 1 is 1.47 bits per heavy atom. The molecule has 0 fully saturated rings. The highest BCUT2D eigenvalue weighted by molar-refractivity contribution is 5.90. The fraction of sp³-hybridized carbons (Fsp3) is 0.273. The Morgan fingerprint density at radius 2 is 2.11 bits per heavy atom. The van der Waals surface area contributed by atoms with E-state index in [1.807, 2.05) is 0 Å². The maximum absolute atomic E-state index is 11.0. The van der Waals surface area contributed by atoms with Crippen LogP contribution in [0.5, 0.6) is 0 Å². The summed E-state index contributed by atoms with van der Waals surface area (Å²) in [5.74, 6) is -1.40. The van der Waals surface area contributed by atoms with Crippen molar-refractivity contribution in [2.75, 3.05) is 0 Å². The summed E-state index contributed by atoms with van der Waals surface area (Å²) in [6.07, 6.45) is -3.64. The second-order valence-electron chi connectivity index (χ2n) is 3.71. The Hall–Kier alpha value is -2.50. The number of rotatable bonds is 5. The van der Waals surface area contributed by atoms with Crippen LogP contribution in [0.4, 0.5) is 5.69 Å². The summed E-state index contributed by atoms with van der Waals surface area (Å²) < 4.78 is 0. The number of nitriles is 1. The van der Waals surface area contributed by atoms with Crippen LogP contribution in [0.15, 0.2) is 18.2 Å². The lowest BCUT2D eigenvalue weighted by molar-refractivity contribution is -0.385. The molecule has 0 aliphatic heterocycles. The zero-order valence-corrected chi connectivity index (χ0v) is 9.55. The van der Waals surface area contributed by atoms with E-state index in [-0.39, 0.29) is 11.1 Å². The molecular weight excluding hydrogens is 256 g/mol. The Kier molecular flexibility index (Phi) is 4.52. The van der Waals surface area contributed by atoms with Crippen molar-refractivity contribution in [3.63, 3.8) is 0 Å². The first-order chi connectivity index (χ1) is 8.88. The van der Waals surface area contributed by atoms with Gasteiger partial charge in [0.1, 0.15) is 6.10 Å². The van der Waals surface area contributed by atoms with Crippen LogP contribution in [0.2, 0.25) is 0 Å². The second kappa shape index (κ2) is 5.90. The smallest absolute Gasteiger partial charge is 0.336 e. The number of carboxylic acid groups (broad SMARTS) is 1. The van der Waals surface area contributed by atoms with Gasteiger partial charge in [-0.1, -0.05) is 0 Å². The van der Waals surface area contributed by atoms with Crippen LogP contribution in [0.25, 0.3) is 0 Å². The zero-order valence-electron chi connectivity index (χ0n) is 9.55. The first-order valence-electron chi connectivity index (χ1n) is 5.13. The van der Waals surface area contributed by atoms with E-state index in [9.17, 15) is 25.1 Å². The fourth-order valence-electron chi connectivity index (χ4n) is 1.52. The van der Waals surface area contributed by atoms with Gasteiger partial charge in [0, 0.05) is 17.7 Å². The highest BCUT2D eigenvalue weighted by Gasteiger charge is 2.25. The third-order valence-electron chi connectivity index (χ3n) is 2.46. The van der Waals surface area contributed by atoms with Gasteiger partial charge < -0.3 is 15.3 Å². The van der Waals surface area contributed by atoms with Crippen molar-refractivity contribution < 1.29 is 25.0 Å². The molecular formula is C11H10N2O6. The summed E-state index contributed by atoms with van der Waals surface area (Å²) in [4.78, 5) is 20.8. The number of aromatic carboxylic acids is 1. The zero-order chi connectivity index (χ0) is 14.6. The van der Waals surface area contributed by atoms with Crippen molar-refractivity contribution in [1.29, 1.82) is 5.26 Å². The summed E-state index contributed by atoms with van der Waals surface area (Å²) in [5.41, 5.74) is -1.08. The molecule has 2 unspecified atom stereocenters. The van der Waals surface area contributed by atoms with Crippen LogP contribution in [0.3, 0.4) is 0 Å². The molecule has 0 saturated carbocycles. The van der Waals surface area contributed by atoms with Crippen LogP contribution < -0.4 is 0 Å². The molecule has 0 radical (unpaired) electrons. The third kappa shape index (κ3) is 3.25. The molecule has 0 aromatic heterocycles. The SMILES string of the molecule is N#CCC(O)C(O)c1cc([N+](=O)[O-])ccc1C(=O)O. The summed E-state index contributed by atoms with van der Waals surface area (Å²) in [7, 11) is 0. The van der Waals surface area contributed by atoms with E-state index in [2.05, 4.69) is 0 Å². The maximum Gasteiger partial charge on any atom is 0.336 e. The minimum Gasteiger partial charge on any atom is -0.478 e. The van der Waals surface area contributed by atoms with Crippen molar-refractivity contribution in [2.24, 2.45) is 0 Å². The lowest BCUT2D eigenvalue weighted by Gasteiger charge is -2.17. The topological polar surface area (TPSA) is 145 Å². The molecule has 0 saturated heterocycles. The standard InChI is InChI=1S/C11H10N2O6/c12-4-3-9(14)10(15)8-5-6(13(18)19)1-2-7(8)11(16)17/h1-2,5,9-10,14-15H,3H2,(H,16,17). The molecule has 1 aromatic carbocycles. The third-order valence-corrected chi connectivity index (χ3v) is 2.46. The van der Waals surface area contributed by atoms with Crippen LogP contribution in [-0.4, -0.2) is 32.3 Å². The summed E-state index contributed by atoms with van der Waals surface area (Å²) in [6.45, 7) is 0. The lowest BCUT2D eigenvalue weighted by atomic mass is 9.96. The highest BCUT2D eigenvalue weighted by atomic mass is 16.6. The van der Waals surface area contributed by atoms with Gasteiger partial charge in [-0.2, -0.15) is 5.26 Å². The number of aliphatic hydroxyl groups is 2. The number of nitrogens with zero attached hydrogens (tertiary/aromatic N) is 2. The van der Waals surface area contributed by atoms with Gasteiger partial charge in [0.25, 0.3) is 5.69 Å². The van der Waals surface area contributed by atoms with E-state index >= 15 is 0 Å². The minimum absolute atomic E-state index is 0.301. The number of carboxylic acids is 1. The number of non-ortho nitro benzene ring substituents is 1.